The summed E-state index contributed by atoms with van der Waals surface area (Å²) in [7, 11) is 3.09. The fraction of sp³-hybridized carbons (Fsp3) is 0.333. The Hall–Kier alpha value is -3.28. The van der Waals surface area contributed by atoms with E-state index in [1.165, 1.54) is 6.42 Å². The lowest BCUT2D eigenvalue weighted by Gasteiger charge is -2.19. The molecule has 1 saturated carbocycles. The van der Waals surface area contributed by atoms with E-state index in [1.807, 2.05) is 12.1 Å². The van der Waals surface area contributed by atoms with Crippen molar-refractivity contribution >= 4 is 17.8 Å². The second-order valence-electron chi connectivity index (χ2n) is 7.44. The molecule has 0 radical (unpaired) electrons. The fourth-order valence-electron chi connectivity index (χ4n) is 3.94. The number of Topliss-reactive ketones (excluding diaryl/α,β-unsaturated/α-hetero) is 1. The molecule has 2 aliphatic rings. The lowest BCUT2D eigenvalue weighted by molar-refractivity contribution is -0.139. The zero-order valence-corrected chi connectivity index (χ0v) is 17.1. The topological polar surface area (TPSA) is 71.1 Å². The Balaban J connectivity index is 1.55. The molecule has 0 aromatic heterocycles. The molecule has 1 fully saturated rings. The number of rotatable bonds is 5. The number of esters is 1. The van der Waals surface area contributed by atoms with Crippen molar-refractivity contribution in [3.05, 3.63) is 53.3 Å². The molecule has 6 nitrogen and oxygen atoms in total. The van der Waals surface area contributed by atoms with Gasteiger partial charge in [-0.1, -0.05) is 31.4 Å². The van der Waals surface area contributed by atoms with E-state index in [-0.39, 0.29) is 23.4 Å². The minimum absolute atomic E-state index is 0.0504. The maximum Gasteiger partial charge on any atom is 0.314 e. The molecule has 156 valence electrons. The maximum atomic E-state index is 12.8. The molecule has 0 saturated heterocycles. The van der Waals surface area contributed by atoms with Crippen LogP contribution in [0.4, 0.5) is 0 Å². The van der Waals surface area contributed by atoms with E-state index in [0.29, 0.717) is 34.1 Å². The number of carbonyl (C=O) groups excluding carboxylic acids is 2. The highest BCUT2D eigenvalue weighted by molar-refractivity contribution is 6.14. The molecule has 0 unspecified atom stereocenters. The van der Waals surface area contributed by atoms with E-state index in [0.717, 1.165) is 25.7 Å². The van der Waals surface area contributed by atoms with E-state index in [2.05, 4.69) is 0 Å². The Morgan fingerprint density at radius 3 is 2.60 bits per heavy atom. The summed E-state index contributed by atoms with van der Waals surface area (Å²) in [4.78, 5) is 25.2. The molecule has 2 aromatic rings. The molecule has 6 heteroatoms. The van der Waals surface area contributed by atoms with Crippen LogP contribution in [0.3, 0.4) is 0 Å². The van der Waals surface area contributed by atoms with Gasteiger partial charge >= 0.3 is 5.97 Å². The third kappa shape index (κ3) is 3.90. The third-order valence-corrected chi connectivity index (χ3v) is 5.52. The van der Waals surface area contributed by atoms with Crippen molar-refractivity contribution in [3.8, 4) is 23.0 Å². The molecule has 0 amide bonds. The van der Waals surface area contributed by atoms with Crippen molar-refractivity contribution in [1.82, 2.24) is 0 Å². The van der Waals surface area contributed by atoms with E-state index in [4.69, 9.17) is 18.9 Å². The lowest BCUT2D eigenvalue weighted by Crippen LogP contribution is -2.22. The number of methoxy groups -OCH3 is 2. The van der Waals surface area contributed by atoms with Gasteiger partial charge in [0.15, 0.2) is 17.3 Å². The number of allylic oxidation sites excluding steroid dienone is 1. The Morgan fingerprint density at radius 2 is 1.87 bits per heavy atom. The van der Waals surface area contributed by atoms with Gasteiger partial charge in [-0.15, -0.1) is 0 Å². The number of hydrogen-bond donors (Lipinski definition) is 0. The van der Waals surface area contributed by atoms with Crippen LogP contribution in [-0.4, -0.2) is 26.0 Å². The van der Waals surface area contributed by atoms with Crippen molar-refractivity contribution in [2.45, 2.75) is 32.1 Å². The van der Waals surface area contributed by atoms with Crippen LogP contribution in [-0.2, 0) is 4.79 Å². The van der Waals surface area contributed by atoms with Gasteiger partial charge in [-0.3, -0.25) is 9.59 Å². The van der Waals surface area contributed by atoms with Crippen LogP contribution in [0.1, 0.15) is 48.0 Å². The van der Waals surface area contributed by atoms with Gasteiger partial charge in [0.2, 0.25) is 5.78 Å². The summed E-state index contributed by atoms with van der Waals surface area (Å²) in [6, 6.07) is 10.3. The average molecular weight is 408 g/mol. The van der Waals surface area contributed by atoms with Gasteiger partial charge in [0.05, 0.1) is 25.7 Å². The first-order chi connectivity index (χ1) is 14.6. The van der Waals surface area contributed by atoms with Gasteiger partial charge in [-0.2, -0.15) is 0 Å². The number of ketones is 1. The highest BCUT2D eigenvalue weighted by atomic mass is 16.5. The van der Waals surface area contributed by atoms with Crippen molar-refractivity contribution in [3.63, 3.8) is 0 Å². The minimum atomic E-state index is -0.236. The zero-order valence-electron chi connectivity index (χ0n) is 17.1. The molecule has 30 heavy (non-hydrogen) atoms. The summed E-state index contributed by atoms with van der Waals surface area (Å²) < 4.78 is 22.1. The second kappa shape index (κ2) is 8.61. The lowest BCUT2D eigenvalue weighted by atomic mass is 9.89. The predicted octanol–water partition coefficient (Wildman–Crippen LogP) is 4.81. The summed E-state index contributed by atoms with van der Waals surface area (Å²) in [5, 5.41) is 0. The standard InChI is InChI=1S/C24H24O6/c1-27-19-10-6-9-16(23(19)28-2)13-21-22(25)18-12-11-17(14-20(18)30-21)29-24(26)15-7-4-3-5-8-15/h6,9-15H,3-5,7-8H2,1-2H3. The molecule has 1 heterocycles. The van der Waals surface area contributed by atoms with E-state index >= 15 is 0 Å². The molecule has 2 aromatic carbocycles. The van der Waals surface area contributed by atoms with Gasteiger partial charge in [0, 0.05) is 11.6 Å². The number of para-hydroxylation sites is 1. The molecular weight excluding hydrogens is 384 g/mol. The largest absolute Gasteiger partial charge is 0.493 e. The van der Waals surface area contributed by atoms with Crippen molar-refractivity contribution in [1.29, 1.82) is 0 Å². The predicted molar refractivity (Wildman–Crippen MR) is 111 cm³/mol. The third-order valence-electron chi connectivity index (χ3n) is 5.52. The molecule has 0 atom stereocenters. The first-order valence-corrected chi connectivity index (χ1v) is 10.1. The Bertz CT molecular complexity index is 1000. The van der Waals surface area contributed by atoms with Gasteiger partial charge in [-0.25, -0.2) is 0 Å². The average Bonchev–Trinajstić information content (AvgIpc) is 3.08. The molecule has 1 aliphatic carbocycles. The highest BCUT2D eigenvalue weighted by Gasteiger charge is 2.29. The molecule has 0 N–H and O–H groups in total. The fourth-order valence-corrected chi connectivity index (χ4v) is 3.94. The number of hydrogen-bond acceptors (Lipinski definition) is 6. The quantitative estimate of drug-likeness (QED) is 0.402. The van der Waals surface area contributed by atoms with Gasteiger partial charge in [0.1, 0.15) is 11.5 Å². The maximum absolute atomic E-state index is 12.8. The number of benzene rings is 2. The SMILES string of the molecule is COc1cccc(C=C2Oc3cc(OC(=O)C4CCCCC4)ccc3C2=O)c1OC. The van der Waals surface area contributed by atoms with Crippen LogP contribution in [0.15, 0.2) is 42.2 Å². The Kier molecular flexibility index (Phi) is 5.74. The smallest absolute Gasteiger partial charge is 0.314 e. The summed E-state index contributed by atoms with van der Waals surface area (Å²) >= 11 is 0. The second-order valence-corrected chi connectivity index (χ2v) is 7.44. The van der Waals surface area contributed by atoms with Crippen LogP contribution in [0.25, 0.3) is 6.08 Å². The number of ether oxygens (including phenoxy) is 4. The first-order valence-electron chi connectivity index (χ1n) is 10.1. The van der Waals surface area contributed by atoms with Crippen LogP contribution >= 0.6 is 0 Å². The first kappa shape index (κ1) is 20.0. The molecule has 4 rings (SSSR count). The van der Waals surface area contributed by atoms with Gasteiger partial charge in [0.25, 0.3) is 0 Å². The number of carbonyl (C=O) groups is 2. The summed E-state index contributed by atoms with van der Waals surface area (Å²) in [6.45, 7) is 0. The van der Waals surface area contributed by atoms with Crippen LogP contribution in [0.2, 0.25) is 0 Å². The summed E-state index contributed by atoms with van der Waals surface area (Å²) in [6.07, 6.45) is 6.65. The molecule has 1 aliphatic heterocycles. The molecule has 0 spiro atoms. The Morgan fingerprint density at radius 1 is 1.07 bits per heavy atom. The van der Waals surface area contributed by atoms with Gasteiger partial charge < -0.3 is 18.9 Å². The van der Waals surface area contributed by atoms with Crippen LogP contribution in [0, 0.1) is 5.92 Å². The van der Waals surface area contributed by atoms with E-state index in [9.17, 15) is 9.59 Å². The summed E-state index contributed by atoms with van der Waals surface area (Å²) in [5.41, 5.74) is 1.09. The van der Waals surface area contributed by atoms with Gasteiger partial charge in [-0.05, 0) is 37.1 Å². The monoisotopic (exact) mass is 408 g/mol. The number of fused-ring (bicyclic) bond motifs is 1. The normalized spacial score (nSPS) is 17.4. The molecular formula is C24H24O6. The van der Waals surface area contributed by atoms with Crippen molar-refractivity contribution < 1.29 is 28.5 Å². The zero-order chi connectivity index (χ0) is 21.1. The Labute approximate surface area is 175 Å². The molecule has 0 bridgehead atoms. The van der Waals surface area contributed by atoms with Crippen LogP contribution < -0.4 is 18.9 Å². The summed E-state index contributed by atoms with van der Waals surface area (Å²) in [5.74, 6) is 1.52. The van der Waals surface area contributed by atoms with E-state index in [1.54, 1.807) is 44.6 Å². The van der Waals surface area contributed by atoms with E-state index < -0.39 is 0 Å². The van der Waals surface area contributed by atoms with Crippen LogP contribution in [0.5, 0.6) is 23.0 Å². The highest BCUT2D eigenvalue weighted by Crippen LogP contribution is 2.38. The minimum Gasteiger partial charge on any atom is -0.493 e. The van der Waals surface area contributed by atoms with Crippen molar-refractivity contribution in [2.75, 3.05) is 14.2 Å². The van der Waals surface area contributed by atoms with Crippen molar-refractivity contribution in [2.24, 2.45) is 5.92 Å².